The van der Waals surface area contributed by atoms with Gasteiger partial charge in [0, 0.05) is 6.54 Å². The molecule has 1 saturated heterocycles. The van der Waals surface area contributed by atoms with Gasteiger partial charge in [0.1, 0.15) is 12.1 Å². The molecule has 3 N–H and O–H groups in total. The number of aliphatic hydroxyl groups is 1. The van der Waals surface area contributed by atoms with Crippen molar-refractivity contribution in [3.05, 3.63) is 0 Å². The van der Waals surface area contributed by atoms with E-state index in [2.05, 4.69) is 15.4 Å². The molecule has 3 amide bonds. The molecule has 0 saturated carbocycles. The predicted molar refractivity (Wildman–Crippen MR) is 97.7 cm³/mol. The van der Waals surface area contributed by atoms with E-state index in [9.17, 15) is 32.7 Å². The highest BCUT2D eigenvalue weighted by molar-refractivity contribution is 5.92. The molecule has 0 aromatic rings. The molecule has 1 aliphatic heterocycles. The predicted octanol–water partition coefficient (Wildman–Crippen LogP) is 1.42. The van der Waals surface area contributed by atoms with Gasteiger partial charge in [-0.05, 0) is 24.7 Å². The van der Waals surface area contributed by atoms with Crippen LogP contribution in [-0.4, -0.2) is 72.0 Å². The lowest BCUT2D eigenvalue weighted by atomic mass is 9.97. The molecule has 0 radical (unpaired) electrons. The number of carbonyl (C=O) groups excluding carboxylic acids is 3. The summed E-state index contributed by atoms with van der Waals surface area (Å²) in [5, 5.41) is 14.3. The minimum absolute atomic E-state index is 0.233. The third kappa shape index (κ3) is 6.48. The van der Waals surface area contributed by atoms with E-state index in [1.807, 2.05) is 0 Å². The van der Waals surface area contributed by atoms with E-state index < -0.39 is 54.2 Å². The number of halogens is 3. The molecule has 0 aromatic heterocycles. The number of carbonyl (C=O) groups is 3. The second kappa shape index (κ2) is 10.1. The van der Waals surface area contributed by atoms with Gasteiger partial charge in [0.05, 0.1) is 13.2 Å². The number of nitrogens with one attached hydrogen (secondary N) is 2. The molecule has 0 aliphatic carbocycles. The minimum Gasteiger partial charge on any atom is -0.453 e. The van der Waals surface area contributed by atoms with Crippen molar-refractivity contribution in [2.24, 2.45) is 11.8 Å². The Bertz CT molecular complexity index is 598. The maximum atomic E-state index is 12.9. The number of hydrogen-bond acceptors (Lipinski definition) is 5. The molecule has 29 heavy (non-hydrogen) atoms. The lowest BCUT2D eigenvalue weighted by molar-refractivity contribution is -0.215. The van der Waals surface area contributed by atoms with E-state index >= 15 is 0 Å². The number of methoxy groups -OCH3 is 1. The first-order chi connectivity index (χ1) is 13.3. The van der Waals surface area contributed by atoms with Crippen LogP contribution in [0.25, 0.3) is 0 Å². The smallest absolute Gasteiger partial charge is 0.416 e. The second-order valence-electron chi connectivity index (χ2n) is 7.81. The highest BCUT2D eigenvalue weighted by Crippen LogP contribution is 2.26. The van der Waals surface area contributed by atoms with Crippen LogP contribution < -0.4 is 10.6 Å². The molecule has 0 bridgehead atoms. The molecule has 168 valence electrons. The van der Waals surface area contributed by atoms with Gasteiger partial charge in [0.25, 0.3) is 0 Å². The largest absolute Gasteiger partial charge is 0.453 e. The van der Waals surface area contributed by atoms with Crippen molar-refractivity contribution in [3.8, 4) is 0 Å². The Labute approximate surface area is 168 Å². The normalized spacial score (nSPS) is 20.4. The van der Waals surface area contributed by atoms with Crippen molar-refractivity contribution in [2.45, 2.75) is 70.9 Å². The third-order valence-corrected chi connectivity index (χ3v) is 4.93. The molecular weight excluding hydrogens is 395 g/mol. The van der Waals surface area contributed by atoms with Crippen molar-refractivity contribution >= 4 is 17.9 Å². The summed E-state index contributed by atoms with van der Waals surface area (Å²) in [5.74, 6) is -2.27. The van der Waals surface area contributed by atoms with E-state index in [0.29, 0.717) is 6.42 Å². The topological polar surface area (TPSA) is 108 Å². The molecule has 1 rings (SSSR count). The maximum absolute atomic E-state index is 12.9. The van der Waals surface area contributed by atoms with Gasteiger partial charge in [-0.3, -0.25) is 9.59 Å². The molecule has 1 aliphatic rings. The van der Waals surface area contributed by atoms with Crippen LogP contribution in [0, 0.1) is 11.8 Å². The SMILES string of the molecule is COC(=O)NC(C(=O)N1CCCC1C(=O)NC(C(C)C)[C@H](O)C(F)(F)F)C(C)C. The first-order valence-electron chi connectivity index (χ1n) is 9.51. The number of rotatable bonds is 7. The lowest BCUT2D eigenvalue weighted by Crippen LogP contribution is -2.59. The van der Waals surface area contributed by atoms with Crippen molar-refractivity contribution in [2.75, 3.05) is 13.7 Å². The number of likely N-dealkylation sites (tertiary alicyclic amines) is 1. The Kier molecular flexibility index (Phi) is 8.73. The van der Waals surface area contributed by atoms with Gasteiger partial charge >= 0.3 is 12.3 Å². The quantitative estimate of drug-likeness (QED) is 0.572. The van der Waals surface area contributed by atoms with Crippen molar-refractivity contribution < 1.29 is 37.4 Å². The summed E-state index contributed by atoms with van der Waals surface area (Å²) >= 11 is 0. The summed E-state index contributed by atoms with van der Waals surface area (Å²) in [6.07, 6.45) is -7.65. The highest BCUT2D eigenvalue weighted by atomic mass is 19.4. The number of hydrogen-bond donors (Lipinski definition) is 3. The van der Waals surface area contributed by atoms with Gasteiger partial charge in [-0.15, -0.1) is 0 Å². The van der Waals surface area contributed by atoms with Crippen LogP contribution in [0.1, 0.15) is 40.5 Å². The number of nitrogens with zero attached hydrogens (tertiary/aromatic N) is 1. The highest BCUT2D eigenvalue weighted by Gasteiger charge is 2.46. The molecule has 11 heteroatoms. The van der Waals surface area contributed by atoms with Crippen molar-refractivity contribution in [1.29, 1.82) is 0 Å². The molecule has 1 fully saturated rings. The first-order valence-corrected chi connectivity index (χ1v) is 9.51. The van der Waals surface area contributed by atoms with Crippen LogP contribution >= 0.6 is 0 Å². The summed E-state index contributed by atoms with van der Waals surface area (Å²) in [6, 6.07) is -3.48. The van der Waals surface area contributed by atoms with Crippen LogP contribution in [0.15, 0.2) is 0 Å². The molecule has 8 nitrogen and oxygen atoms in total. The van der Waals surface area contributed by atoms with E-state index in [1.54, 1.807) is 13.8 Å². The number of amides is 3. The summed E-state index contributed by atoms with van der Waals surface area (Å²) < 4.78 is 43.3. The fraction of sp³-hybridized carbons (Fsp3) is 0.833. The van der Waals surface area contributed by atoms with Crippen LogP contribution in [0.3, 0.4) is 0 Å². The second-order valence-corrected chi connectivity index (χ2v) is 7.81. The zero-order chi connectivity index (χ0) is 22.5. The summed E-state index contributed by atoms with van der Waals surface area (Å²) in [6.45, 7) is 6.55. The van der Waals surface area contributed by atoms with E-state index in [-0.39, 0.29) is 18.9 Å². The molecule has 3 unspecified atom stereocenters. The summed E-state index contributed by atoms with van der Waals surface area (Å²) in [7, 11) is 1.15. The van der Waals surface area contributed by atoms with Gasteiger partial charge in [-0.2, -0.15) is 13.2 Å². The van der Waals surface area contributed by atoms with Gasteiger partial charge in [-0.1, -0.05) is 27.7 Å². The zero-order valence-electron chi connectivity index (χ0n) is 17.2. The number of ether oxygens (including phenoxy) is 1. The maximum Gasteiger partial charge on any atom is 0.416 e. The Hall–Kier alpha value is -2.04. The van der Waals surface area contributed by atoms with Crippen LogP contribution in [0.5, 0.6) is 0 Å². The Morgan fingerprint density at radius 3 is 2.14 bits per heavy atom. The average Bonchev–Trinajstić information content (AvgIpc) is 3.11. The van der Waals surface area contributed by atoms with Gasteiger partial charge in [0.2, 0.25) is 11.8 Å². The van der Waals surface area contributed by atoms with Crippen LogP contribution in [0.2, 0.25) is 0 Å². The van der Waals surface area contributed by atoms with Gasteiger partial charge in [-0.25, -0.2) is 4.79 Å². The number of aliphatic hydroxyl groups excluding tert-OH is 1. The van der Waals surface area contributed by atoms with Gasteiger partial charge in [0.15, 0.2) is 6.10 Å². The first kappa shape index (κ1) is 25.0. The van der Waals surface area contributed by atoms with Crippen LogP contribution in [-0.2, 0) is 14.3 Å². The zero-order valence-corrected chi connectivity index (χ0v) is 17.2. The van der Waals surface area contributed by atoms with Crippen molar-refractivity contribution in [3.63, 3.8) is 0 Å². The number of alkyl halides is 3. The fourth-order valence-electron chi connectivity index (χ4n) is 3.26. The summed E-state index contributed by atoms with van der Waals surface area (Å²) in [4.78, 5) is 38.4. The van der Waals surface area contributed by atoms with Gasteiger partial charge < -0.3 is 25.4 Å². The molecule has 4 atom stereocenters. The average molecular weight is 425 g/mol. The van der Waals surface area contributed by atoms with Crippen LogP contribution in [0.4, 0.5) is 18.0 Å². The Morgan fingerprint density at radius 1 is 1.10 bits per heavy atom. The molecule has 1 heterocycles. The summed E-state index contributed by atoms with van der Waals surface area (Å²) in [5.41, 5.74) is 0. The third-order valence-electron chi connectivity index (χ3n) is 4.93. The standard InChI is InChI=1S/C18H30F3N3O5/c1-9(2)12(14(25)18(19,20)21)22-15(26)11-7-6-8-24(11)16(27)13(10(3)4)23-17(28)29-5/h9-14,25H,6-8H2,1-5H3,(H,22,26)(H,23,28)/t11?,12?,13?,14-/m0/s1. The number of alkyl carbamates (subject to hydrolysis) is 1. The van der Waals surface area contributed by atoms with E-state index in [4.69, 9.17) is 0 Å². The fourth-order valence-corrected chi connectivity index (χ4v) is 3.26. The molecule has 0 spiro atoms. The monoisotopic (exact) mass is 425 g/mol. The van der Waals surface area contributed by atoms with Crippen molar-refractivity contribution in [1.82, 2.24) is 15.5 Å². The molecular formula is C18H30F3N3O5. The Morgan fingerprint density at radius 2 is 1.69 bits per heavy atom. The van der Waals surface area contributed by atoms with E-state index in [0.717, 1.165) is 7.11 Å². The minimum atomic E-state index is -4.89. The Balaban J connectivity index is 2.97. The molecule has 0 aromatic carbocycles. The lowest BCUT2D eigenvalue weighted by Gasteiger charge is -2.33. The van der Waals surface area contributed by atoms with E-state index in [1.165, 1.54) is 18.7 Å².